The third-order valence-corrected chi connectivity index (χ3v) is 2.95. The van der Waals surface area contributed by atoms with Crippen LogP contribution in [0.2, 0.25) is 0 Å². The van der Waals surface area contributed by atoms with E-state index in [1.54, 1.807) is 0 Å². The van der Waals surface area contributed by atoms with E-state index in [0.29, 0.717) is 0 Å². The average molecular weight is 288 g/mol. The summed E-state index contributed by atoms with van der Waals surface area (Å²) in [5.74, 6) is -0.150. The van der Waals surface area contributed by atoms with Crippen LogP contribution in [-0.2, 0) is 4.74 Å². The molecule has 1 aromatic heterocycles. The van der Waals surface area contributed by atoms with E-state index in [4.69, 9.17) is 20.3 Å². The van der Waals surface area contributed by atoms with Crippen LogP contribution < -0.4 is 21.3 Å². The lowest BCUT2D eigenvalue weighted by atomic mass is 10.1. The number of aromatic nitrogens is 2. The minimum atomic E-state index is -1.33. The molecule has 7 N–H and O–H groups in total. The van der Waals surface area contributed by atoms with Crippen molar-refractivity contribution in [3.05, 3.63) is 10.4 Å². The topological polar surface area (TPSA) is 163 Å². The van der Waals surface area contributed by atoms with Crippen molar-refractivity contribution in [3.63, 3.8) is 0 Å². The van der Waals surface area contributed by atoms with Gasteiger partial charge >= 0.3 is 0 Å². The van der Waals surface area contributed by atoms with E-state index >= 15 is 0 Å². The fraction of sp³-hybridized carbons (Fsp3) is 0.600. The van der Waals surface area contributed by atoms with Gasteiger partial charge in [-0.1, -0.05) is 0 Å². The summed E-state index contributed by atoms with van der Waals surface area (Å²) in [6, 6.07) is -0.0563. The molecule has 0 radical (unpaired) electrons. The third kappa shape index (κ3) is 2.54. The van der Waals surface area contributed by atoms with Crippen molar-refractivity contribution in [2.24, 2.45) is 0 Å². The highest BCUT2D eigenvalue weighted by Crippen LogP contribution is 2.23. The minimum absolute atomic E-state index is 0.0563. The molecule has 1 aliphatic rings. The highest BCUT2D eigenvalue weighted by atomic mass is 16.6. The van der Waals surface area contributed by atoms with Crippen molar-refractivity contribution < 1.29 is 24.8 Å². The number of aromatic amines is 1. The van der Waals surface area contributed by atoms with E-state index in [2.05, 4.69) is 15.3 Å². The summed E-state index contributed by atoms with van der Waals surface area (Å²) < 4.78 is 9.92. The summed E-state index contributed by atoms with van der Waals surface area (Å²) in [6.45, 7) is -0.469. The zero-order valence-corrected chi connectivity index (χ0v) is 10.6. The lowest BCUT2D eigenvalue weighted by Crippen LogP contribution is -2.38. The molecular formula is C10H16N4O6. The van der Waals surface area contributed by atoms with Gasteiger partial charge in [0.1, 0.15) is 24.0 Å². The Bertz CT molecular complexity index is 535. The number of H-pyrrole nitrogens is 1. The van der Waals surface area contributed by atoms with Crippen LogP contribution in [0.5, 0.6) is 6.01 Å². The Kier molecular flexibility index (Phi) is 4.09. The van der Waals surface area contributed by atoms with Crippen molar-refractivity contribution in [2.75, 3.05) is 24.8 Å². The molecule has 112 valence electrons. The van der Waals surface area contributed by atoms with Crippen LogP contribution in [0.1, 0.15) is 0 Å². The quantitative estimate of drug-likeness (QED) is 0.343. The van der Waals surface area contributed by atoms with E-state index < -0.39 is 36.7 Å². The monoisotopic (exact) mass is 288 g/mol. The van der Waals surface area contributed by atoms with E-state index in [-0.39, 0.29) is 17.5 Å². The number of nitrogens with one attached hydrogen (secondary N) is 2. The first-order chi connectivity index (χ1) is 9.47. The first-order valence-corrected chi connectivity index (χ1v) is 5.80. The summed E-state index contributed by atoms with van der Waals surface area (Å²) in [5.41, 5.74) is 4.86. The van der Waals surface area contributed by atoms with Gasteiger partial charge < -0.3 is 35.8 Å². The SMILES string of the molecule is COc1nc(N)c(N[C@@H]2O[C@@H](CO)[C@H](O)[C@H]2O)c(=O)[nH]1. The molecular weight excluding hydrogens is 272 g/mol. The zero-order valence-electron chi connectivity index (χ0n) is 10.6. The highest BCUT2D eigenvalue weighted by Gasteiger charge is 2.42. The second kappa shape index (κ2) is 5.63. The number of nitrogens with zero attached hydrogens (tertiary/aromatic N) is 1. The van der Waals surface area contributed by atoms with Gasteiger partial charge in [-0.2, -0.15) is 4.98 Å². The van der Waals surface area contributed by atoms with Gasteiger partial charge in [0.05, 0.1) is 13.7 Å². The predicted octanol–water partition coefficient (Wildman–Crippen LogP) is -2.79. The van der Waals surface area contributed by atoms with Gasteiger partial charge in [-0.15, -0.1) is 0 Å². The summed E-state index contributed by atoms with van der Waals surface area (Å²) >= 11 is 0. The second-order valence-corrected chi connectivity index (χ2v) is 4.24. The van der Waals surface area contributed by atoms with E-state index in [1.807, 2.05) is 0 Å². The zero-order chi connectivity index (χ0) is 14.9. The van der Waals surface area contributed by atoms with Gasteiger partial charge in [-0.05, 0) is 0 Å². The number of hydrogen-bond acceptors (Lipinski definition) is 9. The van der Waals surface area contributed by atoms with E-state index in [0.717, 1.165) is 0 Å². The molecule has 2 heterocycles. The molecule has 0 aromatic carbocycles. The molecule has 4 atom stereocenters. The van der Waals surface area contributed by atoms with E-state index in [1.165, 1.54) is 7.11 Å². The van der Waals surface area contributed by atoms with Gasteiger partial charge in [0.2, 0.25) is 0 Å². The van der Waals surface area contributed by atoms with Crippen LogP contribution >= 0.6 is 0 Å². The Labute approximate surface area is 113 Å². The number of ether oxygens (including phenoxy) is 2. The smallest absolute Gasteiger partial charge is 0.298 e. The summed E-state index contributed by atoms with van der Waals surface area (Å²) in [5, 5.41) is 30.9. The van der Waals surface area contributed by atoms with E-state index in [9.17, 15) is 15.0 Å². The number of aliphatic hydroxyl groups excluding tert-OH is 3. The number of rotatable bonds is 4. The molecule has 0 saturated carbocycles. The Morgan fingerprint density at radius 1 is 1.50 bits per heavy atom. The van der Waals surface area contributed by atoms with Crippen molar-refractivity contribution in [1.82, 2.24) is 9.97 Å². The molecule has 10 heteroatoms. The Morgan fingerprint density at radius 2 is 2.20 bits per heavy atom. The number of aliphatic hydroxyl groups is 3. The maximum atomic E-state index is 11.8. The molecule has 10 nitrogen and oxygen atoms in total. The standard InChI is InChI=1S/C10H16N4O6/c1-19-10-13-7(11)4(8(18)14-10)12-9-6(17)5(16)3(2-15)20-9/h3,5-6,9,12,15-17H,2H2,1H3,(H3,11,13,14,18)/t3-,5-,6+,9+/m0/s1. The number of nitrogens with two attached hydrogens (primary N) is 1. The molecule has 2 rings (SSSR count). The third-order valence-electron chi connectivity index (χ3n) is 2.95. The van der Waals surface area contributed by atoms with Crippen LogP contribution in [-0.4, -0.2) is 63.5 Å². The number of anilines is 2. The molecule has 1 aromatic rings. The molecule has 0 spiro atoms. The van der Waals surface area contributed by atoms with Crippen LogP contribution in [0.15, 0.2) is 4.79 Å². The molecule has 1 fully saturated rings. The van der Waals surface area contributed by atoms with Gasteiger partial charge in [0, 0.05) is 0 Å². The maximum Gasteiger partial charge on any atom is 0.298 e. The predicted molar refractivity (Wildman–Crippen MR) is 67.2 cm³/mol. The lowest BCUT2D eigenvalue weighted by Gasteiger charge is -2.17. The molecule has 0 aliphatic carbocycles. The molecule has 1 aliphatic heterocycles. The Hall–Kier alpha value is -1.88. The highest BCUT2D eigenvalue weighted by molar-refractivity contribution is 5.60. The first kappa shape index (κ1) is 14.5. The van der Waals surface area contributed by atoms with Gasteiger partial charge in [0.25, 0.3) is 11.6 Å². The van der Waals surface area contributed by atoms with Crippen molar-refractivity contribution >= 4 is 11.5 Å². The van der Waals surface area contributed by atoms with Gasteiger partial charge in [0.15, 0.2) is 12.0 Å². The van der Waals surface area contributed by atoms with Gasteiger partial charge in [-0.3, -0.25) is 9.78 Å². The van der Waals surface area contributed by atoms with Crippen LogP contribution in [0.4, 0.5) is 11.5 Å². The lowest BCUT2D eigenvalue weighted by molar-refractivity contribution is -0.0153. The molecule has 0 bridgehead atoms. The summed E-state index contributed by atoms with van der Waals surface area (Å²) in [4.78, 5) is 17.9. The van der Waals surface area contributed by atoms with Crippen LogP contribution in [0.3, 0.4) is 0 Å². The summed E-state index contributed by atoms with van der Waals surface area (Å²) in [6.07, 6.45) is -4.65. The van der Waals surface area contributed by atoms with Crippen molar-refractivity contribution in [3.8, 4) is 6.01 Å². The van der Waals surface area contributed by atoms with Gasteiger partial charge in [-0.25, -0.2) is 0 Å². The Balaban J connectivity index is 2.21. The normalized spacial score (nSPS) is 29.4. The number of methoxy groups -OCH3 is 1. The van der Waals surface area contributed by atoms with Crippen LogP contribution in [0, 0.1) is 0 Å². The molecule has 20 heavy (non-hydrogen) atoms. The minimum Gasteiger partial charge on any atom is -0.468 e. The average Bonchev–Trinajstić information content (AvgIpc) is 2.70. The molecule has 0 amide bonds. The molecule has 1 saturated heterocycles. The number of nitrogen functional groups attached to an aromatic ring is 1. The summed E-state index contributed by atoms with van der Waals surface area (Å²) in [7, 11) is 1.32. The second-order valence-electron chi connectivity index (χ2n) is 4.24. The van der Waals surface area contributed by atoms with Crippen molar-refractivity contribution in [2.45, 2.75) is 24.5 Å². The largest absolute Gasteiger partial charge is 0.468 e. The number of hydrogen-bond donors (Lipinski definition) is 6. The van der Waals surface area contributed by atoms with Crippen LogP contribution in [0.25, 0.3) is 0 Å². The Morgan fingerprint density at radius 3 is 2.70 bits per heavy atom. The fourth-order valence-corrected chi connectivity index (χ4v) is 1.87. The first-order valence-electron chi connectivity index (χ1n) is 5.80. The maximum absolute atomic E-state index is 11.8. The molecule has 0 unspecified atom stereocenters. The fourth-order valence-electron chi connectivity index (χ4n) is 1.87. The van der Waals surface area contributed by atoms with Crippen molar-refractivity contribution in [1.29, 1.82) is 0 Å².